The summed E-state index contributed by atoms with van der Waals surface area (Å²) >= 11 is 0. The Bertz CT molecular complexity index is 335. The fourth-order valence-corrected chi connectivity index (χ4v) is 2.04. The lowest BCUT2D eigenvalue weighted by Gasteiger charge is -2.39. The number of aliphatic hydroxyl groups excluding tert-OH is 1. The van der Waals surface area contributed by atoms with Gasteiger partial charge in [0.1, 0.15) is 0 Å². The summed E-state index contributed by atoms with van der Waals surface area (Å²) in [4.78, 5) is 0. The molecule has 0 aromatic heterocycles. The van der Waals surface area contributed by atoms with Crippen LogP contribution >= 0.6 is 0 Å². The van der Waals surface area contributed by atoms with Gasteiger partial charge in [0.25, 0.3) is 0 Å². The summed E-state index contributed by atoms with van der Waals surface area (Å²) in [5.41, 5.74) is 1.51. The topological polar surface area (TPSA) is 41.5 Å². The summed E-state index contributed by atoms with van der Waals surface area (Å²) in [6.07, 6.45) is 0.869. The second-order valence-corrected chi connectivity index (χ2v) is 5.25. The molecular weight excluding hydrogens is 214 g/mol. The molecule has 1 atom stereocenters. The Balaban J connectivity index is 1.80. The molecule has 0 aliphatic carbocycles. The zero-order chi connectivity index (χ0) is 12.1. The van der Waals surface area contributed by atoms with Crippen molar-refractivity contribution in [2.24, 2.45) is 5.41 Å². The molecule has 0 unspecified atom stereocenters. The van der Waals surface area contributed by atoms with Crippen molar-refractivity contribution in [1.82, 2.24) is 5.32 Å². The van der Waals surface area contributed by atoms with Crippen LogP contribution in [0.25, 0.3) is 0 Å². The number of nitrogens with one attached hydrogen (secondary N) is 1. The van der Waals surface area contributed by atoms with Gasteiger partial charge >= 0.3 is 0 Å². The second kappa shape index (κ2) is 5.63. The molecule has 1 aliphatic heterocycles. The first-order valence-corrected chi connectivity index (χ1v) is 6.18. The van der Waals surface area contributed by atoms with Gasteiger partial charge in [0.2, 0.25) is 0 Å². The summed E-state index contributed by atoms with van der Waals surface area (Å²) in [7, 11) is 0. The van der Waals surface area contributed by atoms with Gasteiger partial charge in [-0.2, -0.15) is 0 Å². The van der Waals surface area contributed by atoms with E-state index in [4.69, 9.17) is 4.74 Å². The van der Waals surface area contributed by atoms with Crippen LogP contribution in [0.3, 0.4) is 0 Å². The quantitative estimate of drug-likeness (QED) is 0.779. The smallest absolute Gasteiger partial charge is 0.0587 e. The average Bonchev–Trinajstić information content (AvgIpc) is 2.33. The maximum absolute atomic E-state index is 9.38. The van der Waals surface area contributed by atoms with Crippen LogP contribution in [0.5, 0.6) is 0 Å². The third-order valence-electron chi connectivity index (χ3n) is 3.26. The molecule has 0 radical (unpaired) electrons. The number of aliphatic hydroxyl groups is 1. The van der Waals surface area contributed by atoms with E-state index in [-0.39, 0.29) is 18.1 Å². The number of benzene rings is 1. The highest BCUT2D eigenvalue weighted by atomic mass is 16.5. The molecule has 94 valence electrons. The standard InChI is InChI=1S/C14H21NO2/c1-14(10-17-11-14)9-15-13(8-16)7-12-5-3-2-4-6-12/h2-6,13,15-16H,7-11H2,1H3/t13-/m0/s1. The lowest BCUT2D eigenvalue weighted by Crippen LogP contribution is -2.50. The van der Waals surface area contributed by atoms with Gasteiger partial charge in [0.15, 0.2) is 0 Å². The molecule has 1 heterocycles. The van der Waals surface area contributed by atoms with E-state index in [9.17, 15) is 5.11 Å². The monoisotopic (exact) mass is 235 g/mol. The van der Waals surface area contributed by atoms with Crippen LogP contribution in [0.4, 0.5) is 0 Å². The summed E-state index contributed by atoms with van der Waals surface area (Å²) in [5.74, 6) is 0. The zero-order valence-electron chi connectivity index (χ0n) is 10.4. The molecule has 0 amide bonds. The van der Waals surface area contributed by atoms with E-state index in [0.717, 1.165) is 26.2 Å². The van der Waals surface area contributed by atoms with Gasteiger partial charge in [0.05, 0.1) is 19.8 Å². The highest BCUT2D eigenvalue weighted by Crippen LogP contribution is 2.25. The lowest BCUT2D eigenvalue weighted by atomic mass is 9.88. The Morgan fingerprint density at radius 3 is 2.59 bits per heavy atom. The van der Waals surface area contributed by atoms with E-state index < -0.39 is 0 Å². The molecule has 1 aromatic rings. The first-order valence-electron chi connectivity index (χ1n) is 6.18. The Morgan fingerprint density at radius 1 is 1.35 bits per heavy atom. The molecule has 2 N–H and O–H groups in total. The maximum Gasteiger partial charge on any atom is 0.0587 e. The average molecular weight is 235 g/mol. The van der Waals surface area contributed by atoms with Crippen molar-refractivity contribution in [1.29, 1.82) is 0 Å². The molecule has 1 fully saturated rings. The Morgan fingerprint density at radius 2 is 2.06 bits per heavy atom. The summed E-state index contributed by atoms with van der Waals surface area (Å²) in [6, 6.07) is 10.4. The Labute approximate surface area is 103 Å². The fraction of sp³-hybridized carbons (Fsp3) is 0.571. The summed E-state index contributed by atoms with van der Waals surface area (Å²) in [6.45, 7) is 4.93. The van der Waals surface area contributed by atoms with Crippen LogP contribution in [-0.4, -0.2) is 37.5 Å². The third kappa shape index (κ3) is 3.53. The zero-order valence-corrected chi connectivity index (χ0v) is 10.4. The van der Waals surface area contributed by atoms with Gasteiger partial charge in [-0.05, 0) is 12.0 Å². The number of rotatable bonds is 6. The van der Waals surface area contributed by atoms with Crippen LogP contribution in [0.15, 0.2) is 30.3 Å². The van der Waals surface area contributed by atoms with Gasteiger partial charge in [-0.25, -0.2) is 0 Å². The van der Waals surface area contributed by atoms with Gasteiger partial charge in [0, 0.05) is 18.0 Å². The minimum absolute atomic E-state index is 0.134. The number of hydrogen-bond donors (Lipinski definition) is 2. The summed E-state index contributed by atoms with van der Waals surface area (Å²) < 4.78 is 5.22. The first kappa shape index (κ1) is 12.6. The molecule has 17 heavy (non-hydrogen) atoms. The molecule has 0 saturated carbocycles. The molecule has 3 nitrogen and oxygen atoms in total. The Kier molecular flexibility index (Phi) is 4.15. The maximum atomic E-state index is 9.38. The first-order chi connectivity index (χ1) is 8.22. The highest BCUT2D eigenvalue weighted by Gasteiger charge is 2.33. The van der Waals surface area contributed by atoms with Gasteiger partial charge in [-0.3, -0.25) is 0 Å². The van der Waals surface area contributed by atoms with E-state index in [2.05, 4.69) is 24.4 Å². The third-order valence-corrected chi connectivity index (χ3v) is 3.26. The van der Waals surface area contributed by atoms with Crippen molar-refractivity contribution in [2.45, 2.75) is 19.4 Å². The molecule has 3 heteroatoms. The van der Waals surface area contributed by atoms with E-state index in [1.165, 1.54) is 5.56 Å². The molecule has 0 spiro atoms. The fourth-order valence-electron chi connectivity index (χ4n) is 2.04. The predicted molar refractivity (Wildman–Crippen MR) is 67.9 cm³/mol. The minimum atomic E-state index is 0.134. The SMILES string of the molecule is CC1(CN[C@H](CO)Cc2ccccc2)COC1. The van der Waals surface area contributed by atoms with Crippen molar-refractivity contribution in [3.63, 3.8) is 0 Å². The molecule has 1 saturated heterocycles. The predicted octanol–water partition coefficient (Wildman–Crippen LogP) is 1.22. The van der Waals surface area contributed by atoms with E-state index >= 15 is 0 Å². The van der Waals surface area contributed by atoms with Crippen molar-refractivity contribution in [2.75, 3.05) is 26.4 Å². The van der Waals surface area contributed by atoms with Crippen LogP contribution in [0.1, 0.15) is 12.5 Å². The second-order valence-electron chi connectivity index (χ2n) is 5.25. The highest BCUT2D eigenvalue weighted by molar-refractivity contribution is 5.15. The number of hydrogen-bond acceptors (Lipinski definition) is 3. The van der Waals surface area contributed by atoms with Crippen LogP contribution in [0.2, 0.25) is 0 Å². The van der Waals surface area contributed by atoms with Gasteiger partial charge < -0.3 is 15.2 Å². The van der Waals surface area contributed by atoms with Gasteiger partial charge in [-0.1, -0.05) is 37.3 Å². The van der Waals surface area contributed by atoms with E-state index in [1.807, 2.05) is 18.2 Å². The molecule has 2 rings (SSSR count). The van der Waals surface area contributed by atoms with Gasteiger partial charge in [-0.15, -0.1) is 0 Å². The molecular formula is C14H21NO2. The van der Waals surface area contributed by atoms with Crippen molar-refractivity contribution in [3.05, 3.63) is 35.9 Å². The van der Waals surface area contributed by atoms with E-state index in [0.29, 0.717) is 0 Å². The van der Waals surface area contributed by atoms with Crippen molar-refractivity contribution in [3.8, 4) is 0 Å². The minimum Gasteiger partial charge on any atom is -0.395 e. The van der Waals surface area contributed by atoms with Crippen LogP contribution in [0, 0.1) is 5.41 Å². The summed E-state index contributed by atoms with van der Waals surface area (Å²) in [5, 5.41) is 12.8. The van der Waals surface area contributed by atoms with Crippen molar-refractivity contribution < 1.29 is 9.84 Å². The normalized spacial score (nSPS) is 19.6. The largest absolute Gasteiger partial charge is 0.395 e. The van der Waals surface area contributed by atoms with Crippen LogP contribution < -0.4 is 5.32 Å². The van der Waals surface area contributed by atoms with E-state index in [1.54, 1.807) is 0 Å². The molecule has 1 aliphatic rings. The molecule has 1 aromatic carbocycles. The Hall–Kier alpha value is -0.900. The lowest BCUT2D eigenvalue weighted by molar-refractivity contribution is -0.100. The van der Waals surface area contributed by atoms with Crippen LogP contribution in [-0.2, 0) is 11.2 Å². The number of ether oxygens (including phenoxy) is 1. The van der Waals surface area contributed by atoms with Crippen molar-refractivity contribution >= 4 is 0 Å². The molecule has 0 bridgehead atoms.